The number of carbonyl (C=O) groups excluding carboxylic acids is 2. The summed E-state index contributed by atoms with van der Waals surface area (Å²) in [6, 6.07) is 4.34. The fraction of sp³-hybridized carbons (Fsp3) is 0.375. The Morgan fingerprint density at radius 1 is 1.43 bits per heavy atom. The van der Waals surface area contributed by atoms with Crippen LogP contribution in [-0.2, 0) is 16.1 Å². The Hall–Kier alpha value is -2.19. The Labute approximate surface area is 122 Å². The summed E-state index contributed by atoms with van der Waals surface area (Å²) in [5.41, 5.74) is 0.855. The Balaban J connectivity index is 2.18. The van der Waals surface area contributed by atoms with Crippen LogP contribution in [-0.4, -0.2) is 28.4 Å². The molecular formula is C16H16FNO3. The minimum absolute atomic E-state index is 0.0804. The number of halogens is 1. The van der Waals surface area contributed by atoms with Crippen molar-refractivity contribution in [3.63, 3.8) is 0 Å². The first kappa shape index (κ1) is 15.2. The number of carbonyl (C=O) groups is 2. The van der Waals surface area contributed by atoms with Crippen LogP contribution in [0.2, 0.25) is 0 Å². The van der Waals surface area contributed by atoms with Crippen LogP contribution in [0.1, 0.15) is 30.9 Å². The van der Waals surface area contributed by atoms with Gasteiger partial charge in [0.2, 0.25) is 11.8 Å². The maximum absolute atomic E-state index is 13.6. The molecule has 1 aromatic rings. The Bertz CT molecular complexity index is 630. The standard InChI is InChI=1S/C16H16FNO3/c1-11-8-15(20)18(16(11)21)10-12-5-6-14(17)13(9-12)4-2-3-7-19/h5-6,9,11,19H,3,7-8,10H2,1H3. The number of aliphatic hydroxyl groups excluding tert-OH is 1. The molecule has 0 aliphatic carbocycles. The highest BCUT2D eigenvalue weighted by Gasteiger charge is 2.35. The van der Waals surface area contributed by atoms with Crippen LogP contribution in [0.15, 0.2) is 18.2 Å². The summed E-state index contributed by atoms with van der Waals surface area (Å²) in [7, 11) is 0. The van der Waals surface area contributed by atoms with Gasteiger partial charge in [-0.25, -0.2) is 4.39 Å². The van der Waals surface area contributed by atoms with Crippen LogP contribution < -0.4 is 0 Å². The quantitative estimate of drug-likeness (QED) is 0.677. The van der Waals surface area contributed by atoms with Crippen LogP contribution in [0.25, 0.3) is 0 Å². The minimum atomic E-state index is -0.461. The third-order valence-corrected chi connectivity index (χ3v) is 3.30. The Morgan fingerprint density at radius 2 is 2.19 bits per heavy atom. The molecule has 1 fully saturated rings. The zero-order chi connectivity index (χ0) is 15.4. The zero-order valence-electron chi connectivity index (χ0n) is 11.7. The number of imide groups is 1. The van der Waals surface area contributed by atoms with Gasteiger partial charge < -0.3 is 5.11 Å². The second kappa shape index (κ2) is 6.51. The number of hydrogen-bond acceptors (Lipinski definition) is 3. The number of rotatable bonds is 3. The first-order valence-electron chi connectivity index (χ1n) is 6.75. The molecule has 0 bridgehead atoms. The first-order valence-corrected chi connectivity index (χ1v) is 6.75. The lowest BCUT2D eigenvalue weighted by Crippen LogP contribution is -2.29. The number of aliphatic hydroxyl groups is 1. The van der Waals surface area contributed by atoms with E-state index in [-0.39, 0.29) is 49.3 Å². The maximum Gasteiger partial charge on any atom is 0.232 e. The molecule has 1 heterocycles. The smallest absolute Gasteiger partial charge is 0.232 e. The molecule has 1 N–H and O–H groups in total. The number of hydrogen-bond donors (Lipinski definition) is 1. The summed E-state index contributed by atoms with van der Waals surface area (Å²) in [6.07, 6.45) is 0.494. The highest BCUT2D eigenvalue weighted by molar-refractivity contribution is 6.03. The van der Waals surface area contributed by atoms with Gasteiger partial charge in [0.25, 0.3) is 0 Å². The van der Waals surface area contributed by atoms with Crippen molar-refractivity contribution in [2.75, 3.05) is 6.61 Å². The highest BCUT2D eigenvalue weighted by atomic mass is 19.1. The zero-order valence-corrected chi connectivity index (χ0v) is 11.7. The predicted molar refractivity (Wildman–Crippen MR) is 74.3 cm³/mol. The number of amides is 2. The topological polar surface area (TPSA) is 57.6 Å². The van der Waals surface area contributed by atoms with Crippen molar-refractivity contribution in [3.8, 4) is 11.8 Å². The van der Waals surface area contributed by atoms with Crippen molar-refractivity contribution >= 4 is 11.8 Å². The first-order chi connectivity index (χ1) is 10.0. The molecule has 1 atom stereocenters. The fourth-order valence-electron chi connectivity index (χ4n) is 2.18. The van der Waals surface area contributed by atoms with Crippen LogP contribution in [0.5, 0.6) is 0 Å². The summed E-state index contributed by atoms with van der Waals surface area (Å²) in [5, 5.41) is 8.66. The average molecular weight is 289 g/mol. The normalized spacial score (nSPS) is 17.9. The van der Waals surface area contributed by atoms with Gasteiger partial charge in [-0.15, -0.1) is 0 Å². The third kappa shape index (κ3) is 3.47. The monoisotopic (exact) mass is 289 g/mol. The van der Waals surface area contributed by atoms with Crippen molar-refractivity contribution in [1.29, 1.82) is 0 Å². The Kier molecular flexibility index (Phi) is 4.71. The van der Waals surface area contributed by atoms with E-state index >= 15 is 0 Å². The number of benzene rings is 1. The second-order valence-electron chi connectivity index (χ2n) is 5.01. The summed E-state index contributed by atoms with van der Waals surface area (Å²) >= 11 is 0. The van der Waals surface area contributed by atoms with Gasteiger partial charge in [0.1, 0.15) is 5.82 Å². The molecule has 1 aromatic carbocycles. The van der Waals surface area contributed by atoms with E-state index in [0.717, 1.165) is 0 Å². The van der Waals surface area contributed by atoms with Crippen LogP contribution in [0.4, 0.5) is 4.39 Å². The van der Waals surface area contributed by atoms with E-state index in [1.807, 2.05) is 0 Å². The number of nitrogens with zero attached hydrogens (tertiary/aromatic N) is 1. The molecular weight excluding hydrogens is 273 g/mol. The molecule has 4 nitrogen and oxygen atoms in total. The van der Waals surface area contributed by atoms with Crippen molar-refractivity contribution in [2.24, 2.45) is 5.92 Å². The summed E-state index contributed by atoms with van der Waals surface area (Å²) in [4.78, 5) is 24.8. The van der Waals surface area contributed by atoms with Gasteiger partial charge in [-0.2, -0.15) is 0 Å². The van der Waals surface area contributed by atoms with Crippen LogP contribution in [0, 0.1) is 23.6 Å². The van der Waals surface area contributed by atoms with Gasteiger partial charge in [-0.1, -0.05) is 24.8 Å². The van der Waals surface area contributed by atoms with Crippen LogP contribution in [0.3, 0.4) is 0 Å². The van der Waals surface area contributed by atoms with Gasteiger partial charge in [0, 0.05) is 18.8 Å². The van der Waals surface area contributed by atoms with Crippen molar-refractivity contribution in [2.45, 2.75) is 26.3 Å². The molecule has 1 saturated heterocycles. The second-order valence-corrected chi connectivity index (χ2v) is 5.01. The highest BCUT2D eigenvalue weighted by Crippen LogP contribution is 2.21. The van der Waals surface area contributed by atoms with E-state index in [1.54, 1.807) is 6.92 Å². The summed E-state index contributed by atoms with van der Waals surface area (Å²) in [5.74, 6) is 4.13. The SMILES string of the molecule is CC1CC(=O)N(Cc2ccc(F)c(C#CCCO)c2)C1=O. The summed E-state index contributed by atoms with van der Waals surface area (Å²) in [6.45, 7) is 1.77. The molecule has 0 saturated carbocycles. The largest absolute Gasteiger partial charge is 0.395 e. The molecule has 0 aromatic heterocycles. The van der Waals surface area contributed by atoms with E-state index in [4.69, 9.17) is 5.11 Å². The lowest BCUT2D eigenvalue weighted by molar-refractivity contribution is -0.139. The third-order valence-electron chi connectivity index (χ3n) is 3.30. The van der Waals surface area contributed by atoms with E-state index < -0.39 is 5.82 Å². The van der Waals surface area contributed by atoms with Gasteiger partial charge in [-0.05, 0) is 17.7 Å². The molecule has 21 heavy (non-hydrogen) atoms. The molecule has 1 aliphatic rings. The lowest BCUT2D eigenvalue weighted by Gasteiger charge is -2.14. The molecule has 0 spiro atoms. The molecule has 2 rings (SSSR count). The molecule has 1 unspecified atom stereocenters. The minimum Gasteiger partial charge on any atom is -0.395 e. The fourth-order valence-corrected chi connectivity index (χ4v) is 2.18. The van der Waals surface area contributed by atoms with E-state index in [1.165, 1.54) is 23.1 Å². The maximum atomic E-state index is 13.6. The van der Waals surface area contributed by atoms with Crippen LogP contribution >= 0.6 is 0 Å². The van der Waals surface area contributed by atoms with Gasteiger partial charge in [0.05, 0.1) is 18.7 Å². The Morgan fingerprint density at radius 3 is 2.81 bits per heavy atom. The molecule has 110 valence electrons. The van der Waals surface area contributed by atoms with Crippen molar-refractivity contribution in [1.82, 2.24) is 4.90 Å². The van der Waals surface area contributed by atoms with E-state index in [0.29, 0.717) is 5.56 Å². The molecule has 2 amide bonds. The average Bonchev–Trinajstić information content (AvgIpc) is 2.69. The van der Waals surface area contributed by atoms with Gasteiger partial charge in [-0.3, -0.25) is 14.5 Å². The summed E-state index contributed by atoms with van der Waals surface area (Å²) < 4.78 is 13.6. The number of likely N-dealkylation sites (tertiary alicyclic amines) is 1. The molecule has 5 heteroatoms. The lowest BCUT2D eigenvalue weighted by atomic mass is 10.1. The predicted octanol–water partition coefficient (Wildman–Crippen LogP) is 1.45. The molecule has 0 radical (unpaired) electrons. The van der Waals surface area contributed by atoms with E-state index in [9.17, 15) is 14.0 Å². The van der Waals surface area contributed by atoms with E-state index in [2.05, 4.69) is 11.8 Å². The van der Waals surface area contributed by atoms with Gasteiger partial charge >= 0.3 is 0 Å². The van der Waals surface area contributed by atoms with Crippen molar-refractivity contribution in [3.05, 3.63) is 35.1 Å². The van der Waals surface area contributed by atoms with Gasteiger partial charge in [0.15, 0.2) is 0 Å². The molecule has 1 aliphatic heterocycles. The van der Waals surface area contributed by atoms with Crippen molar-refractivity contribution < 1.29 is 19.1 Å².